The van der Waals surface area contributed by atoms with E-state index < -0.39 is 11.9 Å². The third-order valence-corrected chi connectivity index (χ3v) is 4.47. The van der Waals surface area contributed by atoms with Crippen LogP contribution < -0.4 is 4.74 Å². The smallest absolute Gasteiger partial charge is 0.339 e. The van der Waals surface area contributed by atoms with Crippen molar-refractivity contribution in [1.29, 1.82) is 0 Å². The molecular weight excluding hydrogens is 464 g/mol. The molecule has 0 saturated heterocycles. The molecule has 4 rings (SSSR count). The zero-order chi connectivity index (χ0) is 24.4. The van der Waals surface area contributed by atoms with Crippen molar-refractivity contribution >= 4 is 47.0 Å². The molecule has 0 saturated carbocycles. The number of phenols is 1. The summed E-state index contributed by atoms with van der Waals surface area (Å²) < 4.78 is 5.33. The van der Waals surface area contributed by atoms with Gasteiger partial charge in [-0.2, -0.15) is 13.5 Å². The van der Waals surface area contributed by atoms with Gasteiger partial charge in [-0.05, 0) is 52.7 Å². The summed E-state index contributed by atoms with van der Waals surface area (Å²) in [4.78, 5) is 21.8. The molecule has 0 radical (unpaired) electrons. The van der Waals surface area contributed by atoms with E-state index >= 15 is 0 Å². The second-order valence-corrected chi connectivity index (χ2v) is 7.16. The maximum Gasteiger partial charge on any atom is 0.339 e. The Labute approximate surface area is 213 Å². The fraction of sp³-hybridized carbons (Fsp3) is 0.214. The lowest BCUT2D eigenvalue weighted by Gasteiger charge is -2.08. The van der Waals surface area contributed by atoms with Gasteiger partial charge in [-0.15, -0.1) is 0 Å². The molecule has 6 nitrogen and oxygen atoms in total. The fourth-order valence-corrected chi connectivity index (χ4v) is 3.06. The molecule has 0 unspecified atom stereocenters. The van der Waals surface area contributed by atoms with Crippen molar-refractivity contribution in [2.45, 2.75) is 34.6 Å². The van der Waals surface area contributed by atoms with Crippen molar-refractivity contribution in [3.8, 4) is 11.5 Å². The fourth-order valence-electron chi connectivity index (χ4n) is 3.06. The normalized spacial score (nSPS) is 9.34. The van der Waals surface area contributed by atoms with E-state index in [0.29, 0.717) is 12.4 Å². The van der Waals surface area contributed by atoms with Gasteiger partial charge in [-0.3, -0.25) is 0 Å². The number of ether oxygens (including phenoxy) is 1. The molecule has 0 bridgehead atoms. The summed E-state index contributed by atoms with van der Waals surface area (Å²) in [5, 5.41) is 30.8. The summed E-state index contributed by atoms with van der Waals surface area (Å²) in [6.07, 6.45) is 1.25. The van der Waals surface area contributed by atoms with Gasteiger partial charge in [0.1, 0.15) is 22.6 Å². The molecular formula is C28H34O6S. The molecule has 0 aliphatic rings. The van der Waals surface area contributed by atoms with Crippen molar-refractivity contribution in [3.05, 3.63) is 83.9 Å². The minimum absolute atomic E-state index is 0. The monoisotopic (exact) mass is 498 g/mol. The summed E-state index contributed by atoms with van der Waals surface area (Å²) in [7, 11) is 0. The maximum absolute atomic E-state index is 11.1. The molecule has 0 amide bonds. The Hall–Kier alpha value is -3.71. The van der Waals surface area contributed by atoms with E-state index in [4.69, 9.17) is 14.9 Å². The van der Waals surface area contributed by atoms with Gasteiger partial charge in [-0.1, -0.05) is 76.2 Å². The minimum atomic E-state index is -1.12. The Morgan fingerprint density at radius 3 is 1.49 bits per heavy atom. The Morgan fingerprint density at radius 2 is 1.09 bits per heavy atom. The van der Waals surface area contributed by atoms with E-state index in [-0.39, 0.29) is 37.8 Å². The number of aromatic carboxylic acids is 2. The summed E-state index contributed by atoms with van der Waals surface area (Å²) >= 11 is 0. The third-order valence-electron chi connectivity index (χ3n) is 4.47. The van der Waals surface area contributed by atoms with Crippen LogP contribution in [0.1, 0.15) is 55.3 Å². The minimum Gasteiger partial charge on any atom is -0.507 e. The van der Waals surface area contributed by atoms with Gasteiger partial charge in [0.15, 0.2) is 0 Å². The van der Waals surface area contributed by atoms with Crippen LogP contribution >= 0.6 is 13.5 Å². The molecule has 0 heterocycles. The zero-order valence-electron chi connectivity index (χ0n) is 19.4. The third kappa shape index (κ3) is 8.54. The first-order valence-corrected chi connectivity index (χ1v) is 10.7. The van der Waals surface area contributed by atoms with Crippen molar-refractivity contribution in [3.63, 3.8) is 0 Å². The highest BCUT2D eigenvalue weighted by molar-refractivity contribution is 7.59. The number of aromatic hydroxyl groups is 1. The van der Waals surface area contributed by atoms with E-state index in [2.05, 4.69) is 13.8 Å². The number of rotatable bonds is 4. The first-order chi connectivity index (χ1) is 15.8. The Morgan fingerprint density at radius 1 is 0.714 bits per heavy atom. The van der Waals surface area contributed by atoms with Crippen LogP contribution in [0.25, 0.3) is 21.5 Å². The lowest BCUT2D eigenvalue weighted by atomic mass is 10.1. The van der Waals surface area contributed by atoms with E-state index in [9.17, 15) is 14.7 Å². The second-order valence-electron chi connectivity index (χ2n) is 7.16. The number of benzene rings is 4. The van der Waals surface area contributed by atoms with Crippen LogP contribution in [-0.4, -0.2) is 33.9 Å². The van der Waals surface area contributed by atoms with Crippen LogP contribution in [0.4, 0.5) is 0 Å². The van der Waals surface area contributed by atoms with Gasteiger partial charge < -0.3 is 20.1 Å². The molecule has 0 aliphatic heterocycles. The maximum atomic E-state index is 11.1. The van der Waals surface area contributed by atoms with E-state index in [1.54, 1.807) is 18.2 Å². The van der Waals surface area contributed by atoms with Gasteiger partial charge in [0.2, 0.25) is 0 Å². The molecule has 0 aliphatic carbocycles. The van der Waals surface area contributed by atoms with Gasteiger partial charge in [0, 0.05) is 0 Å². The number of carboxylic acids is 2. The highest BCUT2D eigenvalue weighted by Crippen LogP contribution is 2.26. The Balaban J connectivity index is 0.000000568. The molecule has 0 atom stereocenters. The first-order valence-electron chi connectivity index (χ1n) is 10.7. The summed E-state index contributed by atoms with van der Waals surface area (Å²) in [6, 6.07) is 21.2. The molecule has 7 heteroatoms. The SMILES string of the molecule is C.CCC.CCOc1cc2ccccc2cc1C(=O)O.O=C(O)c1cc2ccccc2cc1O.S. The summed E-state index contributed by atoms with van der Waals surface area (Å²) in [5.41, 5.74) is 0.143. The van der Waals surface area contributed by atoms with Crippen LogP contribution in [0.3, 0.4) is 0 Å². The van der Waals surface area contributed by atoms with Crippen LogP contribution in [-0.2, 0) is 0 Å². The molecule has 35 heavy (non-hydrogen) atoms. The van der Waals surface area contributed by atoms with Gasteiger partial charge in [-0.25, -0.2) is 9.59 Å². The molecule has 188 valence electrons. The number of hydrogen-bond donors (Lipinski definition) is 3. The Kier molecular flexibility index (Phi) is 13.6. The molecule has 0 fully saturated rings. The highest BCUT2D eigenvalue weighted by Gasteiger charge is 2.12. The Bertz CT molecular complexity index is 1250. The quantitative estimate of drug-likeness (QED) is 0.272. The van der Waals surface area contributed by atoms with Gasteiger partial charge >= 0.3 is 11.9 Å². The lowest BCUT2D eigenvalue weighted by Crippen LogP contribution is -2.02. The number of carboxylic acid groups (broad SMARTS) is 2. The molecule has 0 spiro atoms. The van der Waals surface area contributed by atoms with E-state index in [0.717, 1.165) is 21.5 Å². The number of carbonyl (C=O) groups is 2. The van der Waals surface area contributed by atoms with Crippen LogP contribution in [0.15, 0.2) is 72.8 Å². The highest BCUT2D eigenvalue weighted by atomic mass is 32.1. The van der Waals surface area contributed by atoms with Crippen LogP contribution in [0, 0.1) is 0 Å². The van der Waals surface area contributed by atoms with Crippen molar-refractivity contribution in [1.82, 2.24) is 0 Å². The predicted octanol–water partition coefficient (Wildman–Crippen LogP) is 7.35. The summed E-state index contributed by atoms with van der Waals surface area (Å²) in [6.45, 7) is 6.54. The van der Waals surface area contributed by atoms with Crippen molar-refractivity contribution in [2.75, 3.05) is 6.61 Å². The van der Waals surface area contributed by atoms with E-state index in [1.807, 2.05) is 49.4 Å². The van der Waals surface area contributed by atoms with Gasteiger partial charge in [0.25, 0.3) is 0 Å². The molecule has 0 aromatic heterocycles. The predicted molar refractivity (Wildman–Crippen MR) is 148 cm³/mol. The zero-order valence-corrected chi connectivity index (χ0v) is 20.4. The first kappa shape index (κ1) is 31.3. The van der Waals surface area contributed by atoms with Crippen molar-refractivity contribution < 1.29 is 29.6 Å². The topological polar surface area (TPSA) is 104 Å². The lowest BCUT2D eigenvalue weighted by molar-refractivity contribution is 0.0682. The molecule has 3 N–H and O–H groups in total. The van der Waals surface area contributed by atoms with Gasteiger partial charge in [0.05, 0.1) is 6.61 Å². The summed E-state index contributed by atoms with van der Waals surface area (Å²) in [5.74, 6) is -1.85. The second kappa shape index (κ2) is 15.2. The molecule has 4 aromatic carbocycles. The van der Waals surface area contributed by atoms with E-state index in [1.165, 1.54) is 18.6 Å². The van der Waals surface area contributed by atoms with Crippen LogP contribution in [0.5, 0.6) is 11.5 Å². The largest absolute Gasteiger partial charge is 0.507 e. The number of hydrogen-bond acceptors (Lipinski definition) is 4. The standard InChI is InChI=1S/C13H12O3.C11H8O3.C3H8.CH4.H2S/c1-2-16-12-8-10-6-4-3-5-9(10)7-11(12)13(14)15;12-10-6-8-4-2-1-3-7(8)5-9(10)11(13)14;1-3-2;;/h3-8H,2H2,1H3,(H,14,15);1-6,12H,(H,13,14);3H2,1-2H3;1H4;1H2. The van der Waals surface area contributed by atoms with Crippen LogP contribution in [0.2, 0.25) is 0 Å². The average molecular weight is 499 g/mol. The molecule has 4 aromatic rings. The number of fused-ring (bicyclic) bond motifs is 2. The van der Waals surface area contributed by atoms with Crippen molar-refractivity contribution in [2.24, 2.45) is 0 Å². The average Bonchev–Trinajstić information content (AvgIpc) is 2.79.